The van der Waals surface area contributed by atoms with E-state index in [1.807, 2.05) is 11.7 Å². The predicted molar refractivity (Wildman–Crippen MR) is 142 cm³/mol. The summed E-state index contributed by atoms with van der Waals surface area (Å²) in [5.74, 6) is 0.457. The molecule has 36 heavy (non-hydrogen) atoms. The lowest BCUT2D eigenvalue weighted by atomic mass is 9.87. The highest BCUT2D eigenvalue weighted by Crippen LogP contribution is 2.38. The number of fused-ring (bicyclic) bond motifs is 2. The lowest BCUT2D eigenvalue weighted by Gasteiger charge is -2.32. The topological polar surface area (TPSA) is 70.5 Å². The number of aryl methyl sites for hydroxylation is 1. The largest absolute Gasteiger partial charge is 0.357 e. The highest BCUT2D eigenvalue weighted by Gasteiger charge is 2.33. The number of amides is 1. The molecule has 1 unspecified atom stereocenters. The van der Waals surface area contributed by atoms with E-state index in [2.05, 4.69) is 64.2 Å². The van der Waals surface area contributed by atoms with Crippen LogP contribution in [0.25, 0.3) is 16.6 Å². The van der Waals surface area contributed by atoms with E-state index < -0.39 is 0 Å². The van der Waals surface area contributed by atoms with Gasteiger partial charge in [-0.3, -0.25) is 14.4 Å². The Bertz CT molecular complexity index is 1290. The van der Waals surface area contributed by atoms with Crippen LogP contribution >= 0.6 is 0 Å². The average Bonchev–Trinajstić information content (AvgIpc) is 3.40. The van der Waals surface area contributed by atoms with Gasteiger partial charge in [-0.15, -0.1) is 0 Å². The summed E-state index contributed by atoms with van der Waals surface area (Å²) in [5, 5.41) is 8.77. The number of carbonyl (C=O) groups is 2. The van der Waals surface area contributed by atoms with Gasteiger partial charge >= 0.3 is 0 Å². The van der Waals surface area contributed by atoms with Crippen molar-refractivity contribution in [3.63, 3.8) is 0 Å². The van der Waals surface area contributed by atoms with E-state index in [0.717, 1.165) is 55.7 Å². The molecule has 1 N–H and O–H groups in total. The van der Waals surface area contributed by atoms with Crippen LogP contribution in [0, 0.1) is 0 Å². The summed E-state index contributed by atoms with van der Waals surface area (Å²) in [4.78, 5) is 28.1. The van der Waals surface area contributed by atoms with Crippen LogP contribution in [0.1, 0.15) is 54.0 Å². The number of aldehydes is 1. The van der Waals surface area contributed by atoms with E-state index in [1.165, 1.54) is 22.0 Å². The fourth-order valence-electron chi connectivity index (χ4n) is 5.87. The molecule has 188 valence electrons. The molecule has 3 aromatic rings. The third-order valence-electron chi connectivity index (χ3n) is 7.88. The first-order valence-electron chi connectivity index (χ1n) is 12.9. The minimum Gasteiger partial charge on any atom is -0.357 e. The number of carbonyl (C=O) groups excluding carboxylic acids is 2. The zero-order valence-corrected chi connectivity index (χ0v) is 21.2. The normalized spacial score (nSPS) is 17.4. The van der Waals surface area contributed by atoms with Gasteiger partial charge in [-0.2, -0.15) is 5.10 Å². The number of nitrogens with zero attached hydrogens (tertiary/aromatic N) is 4. The standard InChI is InChI=1S/C29H35N5O2/c1-20-24-11-10-22(17-23(24)18-34(20)28(9-6-16-35)29(36)30-2)21-12-14-33(15-13-21)19-26-25-7-4-5-8-27(25)32(3)31-26/h4-5,7-8,10-11,16-17,21,28H,1,6,9,12-15,18-19H2,2-3H3,(H,30,36). The number of piperidine rings is 1. The Balaban J connectivity index is 1.24. The Morgan fingerprint density at radius 2 is 2.00 bits per heavy atom. The van der Waals surface area contributed by atoms with Crippen molar-refractivity contribution in [1.29, 1.82) is 0 Å². The number of aromatic nitrogens is 2. The van der Waals surface area contributed by atoms with Crippen LogP contribution in [-0.4, -0.2) is 58.0 Å². The Labute approximate surface area is 212 Å². The number of rotatable bonds is 8. The second-order valence-electron chi connectivity index (χ2n) is 10.0. The summed E-state index contributed by atoms with van der Waals surface area (Å²) in [6.45, 7) is 7.93. The first-order chi connectivity index (χ1) is 17.5. The van der Waals surface area contributed by atoms with E-state index in [1.54, 1.807) is 7.05 Å². The van der Waals surface area contributed by atoms with Crippen molar-refractivity contribution in [3.05, 3.63) is 71.4 Å². The minimum absolute atomic E-state index is 0.0703. The molecule has 2 aromatic carbocycles. The summed E-state index contributed by atoms with van der Waals surface area (Å²) in [7, 11) is 3.66. The molecule has 1 saturated heterocycles. The first-order valence-corrected chi connectivity index (χ1v) is 12.9. The number of nitrogens with one attached hydrogen (secondary N) is 1. The van der Waals surface area contributed by atoms with Crippen LogP contribution in [-0.2, 0) is 29.7 Å². The molecule has 0 saturated carbocycles. The smallest absolute Gasteiger partial charge is 0.242 e. The van der Waals surface area contributed by atoms with Crippen molar-refractivity contribution in [2.75, 3.05) is 20.1 Å². The van der Waals surface area contributed by atoms with Crippen molar-refractivity contribution in [2.24, 2.45) is 7.05 Å². The van der Waals surface area contributed by atoms with Crippen LogP contribution in [0.4, 0.5) is 0 Å². The van der Waals surface area contributed by atoms with Gasteiger partial charge in [-0.25, -0.2) is 0 Å². The SMILES string of the molecule is C=C1c2ccc(C3CCN(Cc4nn(C)c5ccccc45)CC3)cc2CN1C(CCC=O)C(=O)NC. The third-order valence-corrected chi connectivity index (χ3v) is 7.88. The number of likely N-dealkylation sites (N-methyl/N-ethyl adjacent to an activating group) is 1. The molecule has 7 heteroatoms. The van der Waals surface area contributed by atoms with E-state index in [-0.39, 0.29) is 11.9 Å². The van der Waals surface area contributed by atoms with Gasteiger partial charge in [0.25, 0.3) is 0 Å². The van der Waals surface area contributed by atoms with Crippen LogP contribution < -0.4 is 5.32 Å². The summed E-state index contributed by atoms with van der Waals surface area (Å²) in [6.07, 6.45) is 3.97. The number of hydrogen-bond acceptors (Lipinski definition) is 5. The molecule has 1 aromatic heterocycles. The van der Waals surface area contributed by atoms with E-state index >= 15 is 0 Å². The lowest BCUT2D eigenvalue weighted by molar-refractivity contribution is -0.125. The Morgan fingerprint density at radius 3 is 2.75 bits per heavy atom. The van der Waals surface area contributed by atoms with E-state index in [4.69, 9.17) is 5.10 Å². The number of likely N-dealkylation sites (tertiary alicyclic amines) is 1. The molecule has 2 aliphatic rings. The molecule has 1 atom stereocenters. The fourth-order valence-corrected chi connectivity index (χ4v) is 5.87. The molecule has 0 spiro atoms. The van der Waals surface area contributed by atoms with Crippen LogP contribution in [0.2, 0.25) is 0 Å². The lowest BCUT2D eigenvalue weighted by Crippen LogP contribution is -2.42. The molecular formula is C29H35N5O2. The predicted octanol–water partition coefficient (Wildman–Crippen LogP) is 3.83. The summed E-state index contributed by atoms with van der Waals surface area (Å²) in [5.41, 5.74) is 6.91. The molecule has 5 rings (SSSR count). The summed E-state index contributed by atoms with van der Waals surface area (Å²) < 4.78 is 1.98. The maximum atomic E-state index is 12.5. The molecule has 3 heterocycles. The van der Waals surface area contributed by atoms with Gasteiger partial charge in [0.2, 0.25) is 5.91 Å². The van der Waals surface area contributed by atoms with Crippen molar-refractivity contribution >= 4 is 28.8 Å². The van der Waals surface area contributed by atoms with Crippen LogP contribution in [0.3, 0.4) is 0 Å². The molecule has 0 aliphatic carbocycles. The molecule has 1 amide bonds. The second kappa shape index (κ2) is 10.3. The van der Waals surface area contributed by atoms with E-state index in [0.29, 0.717) is 25.3 Å². The fraction of sp³-hybridized carbons (Fsp3) is 0.414. The van der Waals surface area contributed by atoms with Crippen molar-refractivity contribution in [3.8, 4) is 0 Å². The van der Waals surface area contributed by atoms with Crippen LogP contribution in [0.15, 0.2) is 49.0 Å². The van der Waals surface area contributed by atoms with E-state index in [9.17, 15) is 9.59 Å². The van der Waals surface area contributed by atoms with Gasteiger partial charge in [-0.05, 0) is 55.5 Å². The number of para-hydroxylation sites is 1. The van der Waals surface area contributed by atoms with Crippen molar-refractivity contribution in [1.82, 2.24) is 24.9 Å². The third kappa shape index (κ3) is 4.55. The van der Waals surface area contributed by atoms with Gasteiger partial charge in [0.1, 0.15) is 12.3 Å². The average molecular weight is 486 g/mol. The van der Waals surface area contributed by atoms with Gasteiger partial charge in [0.15, 0.2) is 0 Å². The summed E-state index contributed by atoms with van der Waals surface area (Å²) >= 11 is 0. The molecular weight excluding hydrogens is 450 g/mol. The zero-order valence-electron chi connectivity index (χ0n) is 21.2. The Hall–Kier alpha value is -3.45. The highest BCUT2D eigenvalue weighted by atomic mass is 16.2. The highest BCUT2D eigenvalue weighted by molar-refractivity contribution is 5.85. The first kappa shape index (κ1) is 24.3. The quantitative estimate of drug-likeness (QED) is 0.491. The minimum atomic E-state index is -0.380. The Kier molecular flexibility index (Phi) is 6.92. The monoisotopic (exact) mass is 485 g/mol. The number of hydrogen-bond donors (Lipinski definition) is 1. The van der Waals surface area contributed by atoms with Gasteiger partial charge in [-0.1, -0.05) is 43.0 Å². The van der Waals surface area contributed by atoms with Gasteiger partial charge in [0, 0.05) is 50.3 Å². The zero-order chi connectivity index (χ0) is 25.2. The van der Waals surface area contributed by atoms with Gasteiger partial charge in [0.05, 0.1) is 11.2 Å². The molecule has 7 nitrogen and oxygen atoms in total. The maximum absolute atomic E-state index is 12.5. The Morgan fingerprint density at radius 1 is 1.22 bits per heavy atom. The van der Waals surface area contributed by atoms with Crippen molar-refractivity contribution < 1.29 is 9.59 Å². The second-order valence-corrected chi connectivity index (χ2v) is 10.0. The summed E-state index contributed by atoms with van der Waals surface area (Å²) in [6, 6.07) is 14.8. The van der Waals surface area contributed by atoms with Gasteiger partial charge < -0.3 is 15.0 Å². The van der Waals surface area contributed by atoms with Crippen molar-refractivity contribution in [2.45, 2.75) is 50.7 Å². The number of benzene rings is 2. The molecule has 0 bridgehead atoms. The van der Waals surface area contributed by atoms with Crippen LogP contribution in [0.5, 0.6) is 0 Å². The molecule has 2 aliphatic heterocycles. The molecule has 1 fully saturated rings. The maximum Gasteiger partial charge on any atom is 0.242 e. The molecule has 0 radical (unpaired) electrons.